The van der Waals surface area contributed by atoms with Gasteiger partial charge in [-0.25, -0.2) is 9.67 Å². The lowest BCUT2D eigenvalue weighted by atomic mass is 10.2. The van der Waals surface area contributed by atoms with Gasteiger partial charge in [-0.1, -0.05) is 0 Å². The van der Waals surface area contributed by atoms with Gasteiger partial charge in [0.1, 0.15) is 0 Å². The van der Waals surface area contributed by atoms with Crippen LogP contribution in [0.3, 0.4) is 0 Å². The monoisotopic (exact) mass is 245 g/mol. The fraction of sp³-hybridized carbons (Fsp3) is 0.250. The molecule has 2 heterocycles. The summed E-state index contributed by atoms with van der Waals surface area (Å²) in [6.45, 7) is 0.830. The molecule has 2 aromatic rings. The highest BCUT2D eigenvalue weighted by atomic mass is 16.1. The fourth-order valence-electron chi connectivity index (χ4n) is 1.52. The molecule has 0 aliphatic carbocycles. The molecule has 0 atom stereocenters. The third-order valence-electron chi connectivity index (χ3n) is 2.41. The minimum atomic E-state index is -0.0463. The van der Waals surface area contributed by atoms with Crippen LogP contribution in [0.4, 0.5) is 0 Å². The molecule has 0 saturated heterocycles. The van der Waals surface area contributed by atoms with E-state index in [0.717, 1.165) is 11.4 Å². The number of carbonyl (C=O) groups is 1. The Hall–Kier alpha value is -2.21. The van der Waals surface area contributed by atoms with Crippen molar-refractivity contribution in [3.63, 3.8) is 0 Å². The highest BCUT2D eigenvalue weighted by Gasteiger charge is 2.02. The molecule has 2 rings (SSSR count). The number of nitrogens with one attached hydrogen (secondary N) is 1. The van der Waals surface area contributed by atoms with Crippen LogP contribution in [0.5, 0.6) is 0 Å². The highest BCUT2D eigenvalue weighted by molar-refractivity contribution is 5.76. The van der Waals surface area contributed by atoms with Gasteiger partial charge in [-0.3, -0.25) is 4.79 Å². The molecule has 0 radical (unpaired) electrons. The van der Waals surface area contributed by atoms with E-state index in [-0.39, 0.29) is 5.91 Å². The standard InChI is InChI=1S/C12H15N5O/c13-4-2-12(18)15-9-10-3-6-14-11(8-10)17-7-1-5-16-17/h1,3,5-8H,2,4,9,13H2,(H,15,18). The maximum absolute atomic E-state index is 11.3. The van der Waals surface area contributed by atoms with Gasteiger partial charge < -0.3 is 11.1 Å². The van der Waals surface area contributed by atoms with Gasteiger partial charge in [-0.2, -0.15) is 5.10 Å². The summed E-state index contributed by atoms with van der Waals surface area (Å²) in [6.07, 6.45) is 5.55. The van der Waals surface area contributed by atoms with Crippen LogP contribution in [0.1, 0.15) is 12.0 Å². The molecule has 0 unspecified atom stereocenters. The maximum Gasteiger partial charge on any atom is 0.221 e. The third kappa shape index (κ3) is 3.14. The fourth-order valence-corrected chi connectivity index (χ4v) is 1.52. The smallest absolute Gasteiger partial charge is 0.221 e. The molecular weight excluding hydrogens is 230 g/mol. The van der Waals surface area contributed by atoms with E-state index in [2.05, 4.69) is 15.4 Å². The highest BCUT2D eigenvalue weighted by Crippen LogP contribution is 2.05. The van der Waals surface area contributed by atoms with Crippen molar-refractivity contribution in [2.45, 2.75) is 13.0 Å². The van der Waals surface area contributed by atoms with Crippen molar-refractivity contribution >= 4 is 5.91 Å². The Labute approximate surface area is 105 Å². The van der Waals surface area contributed by atoms with Crippen LogP contribution in [0.2, 0.25) is 0 Å². The van der Waals surface area contributed by atoms with Crippen molar-refractivity contribution in [1.82, 2.24) is 20.1 Å². The number of rotatable bonds is 5. The SMILES string of the molecule is NCCC(=O)NCc1ccnc(-n2cccn2)c1. The van der Waals surface area contributed by atoms with Gasteiger partial charge in [0.05, 0.1) is 0 Å². The molecule has 18 heavy (non-hydrogen) atoms. The van der Waals surface area contributed by atoms with Crippen molar-refractivity contribution in [1.29, 1.82) is 0 Å². The van der Waals surface area contributed by atoms with Crippen molar-refractivity contribution in [3.05, 3.63) is 42.4 Å². The van der Waals surface area contributed by atoms with E-state index in [9.17, 15) is 4.79 Å². The van der Waals surface area contributed by atoms with Gasteiger partial charge in [0, 0.05) is 38.1 Å². The van der Waals surface area contributed by atoms with Crippen molar-refractivity contribution in [3.8, 4) is 5.82 Å². The lowest BCUT2D eigenvalue weighted by molar-refractivity contribution is -0.121. The Morgan fingerprint density at radius 2 is 2.33 bits per heavy atom. The molecule has 0 saturated carbocycles. The van der Waals surface area contributed by atoms with Crippen molar-refractivity contribution in [2.24, 2.45) is 5.73 Å². The van der Waals surface area contributed by atoms with Crippen LogP contribution < -0.4 is 11.1 Å². The molecule has 0 aliphatic rings. The molecule has 94 valence electrons. The summed E-state index contributed by atoms with van der Waals surface area (Å²) in [4.78, 5) is 15.5. The molecule has 2 aromatic heterocycles. The maximum atomic E-state index is 11.3. The van der Waals surface area contributed by atoms with Crippen molar-refractivity contribution in [2.75, 3.05) is 6.54 Å². The number of hydrogen-bond acceptors (Lipinski definition) is 4. The summed E-state index contributed by atoms with van der Waals surface area (Å²) in [5, 5.41) is 6.90. The average molecular weight is 245 g/mol. The molecule has 0 bridgehead atoms. The first kappa shape index (κ1) is 12.3. The van der Waals surface area contributed by atoms with Gasteiger partial charge in [-0.15, -0.1) is 0 Å². The van der Waals surface area contributed by atoms with E-state index in [1.54, 1.807) is 17.1 Å². The van der Waals surface area contributed by atoms with E-state index in [1.165, 1.54) is 0 Å². The summed E-state index contributed by atoms with van der Waals surface area (Å²) in [7, 11) is 0. The Morgan fingerprint density at radius 1 is 1.44 bits per heavy atom. The number of pyridine rings is 1. The Balaban J connectivity index is 2.02. The largest absolute Gasteiger partial charge is 0.352 e. The zero-order valence-electron chi connectivity index (χ0n) is 9.91. The molecule has 0 spiro atoms. The number of aromatic nitrogens is 3. The second-order valence-corrected chi connectivity index (χ2v) is 3.79. The number of carbonyl (C=O) groups excluding carboxylic acids is 1. The summed E-state index contributed by atoms with van der Waals surface area (Å²) in [5.41, 5.74) is 6.28. The van der Waals surface area contributed by atoms with Gasteiger partial charge >= 0.3 is 0 Å². The summed E-state index contributed by atoms with van der Waals surface area (Å²) < 4.78 is 1.67. The molecule has 6 nitrogen and oxygen atoms in total. The normalized spacial score (nSPS) is 10.3. The van der Waals surface area contributed by atoms with Gasteiger partial charge in [-0.05, 0) is 23.8 Å². The third-order valence-corrected chi connectivity index (χ3v) is 2.41. The lowest BCUT2D eigenvalue weighted by Gasteiger charge is -2.06. The summed E-state index contributed by atoms with van der Waals surface area (Å²) in [5.74, 6) is 0.681. The van der Waals surface area contributed by atoms with E-state index in [1.807, 2.05) is 24.4 Å². The van der Waals surface area contributed by atoms with Gasteiger partial charge in [0.2, 0.25) is 5.91 Å². The first-order chi connectivity index (χ1) is 8.79. The second kappa shape index (κ2) is 5.92. The van der Waals surface area contributed by atoms with Gasteiger partial charge in [0.25, 0.3) is 0 Å². The molecule has 0 fully saturated rings. The van der Waals surface area contributed by atoms with E-state index >= 15 is 0 Å². The second-order valence-electron chi connectivity index (χ2n) is 3.79. The topological polar surface area (TPSA) is 85.8 Å². The lowest BCUT2D eigenvalue weighted by Crippen LogP contribution is -2.25. The zero-order valence-corrected chi connectivity index (χ0v) is 9.91. The molecule has 1 amide bonds. The van der Waals surface area contributed by atoms with Crippen LogP contribution in [0.15, 0.2) is 36.8 Å². The summed E-state index contributed by atoms with van der Waals surface area (Å²) >= 11 is 0. The van der Waals surface area contributed by atoms with Gasteiger partial charge in [0.15, 0.2) is 5.82 Å². The van der Waals surface area contributed by atoms with Crippen molar-refractivity contribution < 1.29 is 4.79 Å². The Kier molecular flexibility index (Phi) is 4.03. The van der Waals surface area contributed by atoms with Crippen LogP contribution in [-0.4, -0.2) is 27.2 Å². The van der Waals surface area contributed by atoms with E-state index < -0.39 is 0 Å². The number of hydrogen-bond donors (Lipinski definition) is 2. The molecule has 3 N–H and O–H groups in total. The Bertz CT molecular complexity index is 509. The number of nitrogens with two attached hydrogens (primary N) is 1. The predicted molar refractivity (Wildman–Crippen MR) is 66.9 cm³/mol. The first-order valence-electron chi connectivity index (χ1n) is 5.71. The van der Waals surface area contributed by atoms with Crippen LogP contribution in [0.25, 0.3) is 5.82 Å². The minimum absolute atomic E-state index is 0.0463. The van der Waals surface area contributed by atoms with Crippen LogP contribution >= 0.6 is 0 Å². The average Bonchev–Trinajstić information content (AvgIpc) is 2.91. The van der Waals surface area contributed by atoms with Crippen LogP contribution in [-0.2, 0) is 11.3 Å². The quantitative estimate of drug-likeness (QED) is 0.789. The molecule has 0 aromatic carbocycles. The molecular formula is C12H15N5O. The summed E-state index contributed by atoms with van der Waals surface area (Å²) in [6, 6.07) is 5.57. The van der Waals surface area contributed by atoms with Crippen LogP contribution in [0, 0.1) is 0 Å². The van der Waals surface area contributed by atoms with E-state index in [4.69, 9.17) is 5.73 Å². The number of nitrogens with zero attached hydrogens (tertiary/aromatic N) is 3. The zero-order chi connectivity index (χ0) is 12.8. The molecule has 0 aliphatic heterocycles. The number of amides is 1. The Morgan fingerprint density at radius 3 is 3.06 bits per heavy atom. The predicted octanol–water partition coefficient (Wildman–Crippen LogP) is 0.232. The first-order valence-corrected chi connectivity index (χ1v) is 5.71. The molecule has 6 heteroatoms. The minimum Gasteiger partial charge on any atom is -0.352 e. The van der Waals surface area contributed by atoms with E-state index in [0.29, 0.717) is 19.5 Å².